The smallest absolute Gasteiger partial charge is 0.333 e. The maximum atomic E-state index is 11.1. The highest BCUT2D eigenvalue weighted by atomic mass is 16.5. The van der Waals surface area contributed by atoms with E-state index in [4.69, 9.17) is 9.47 Å². The molecular weight excluding hydrogens is 288 g/mol. The van der Waals surface area contributed by atoms with E-state index in [1.807, 2.05) is 0 Å². The van der Waals surface area contributed by atoms with Gasteiger partial charge in [0.25, 0.3) is 0 Å². The second-order valence-corrected chi connectivity index (χ2v) is 6.42. The summed E-state index contributed by atoms with van der Waals surface area (Å²) in [4.78, 5) is 11.1. The third-order valence-electron chi connectivity index (χ3n) is 3.91. The molecule has 0 aromatic carbocycles. The van der Waals surface area contributed by atoms with Gasteiger partial charge >= 0.3 is 5.97 Å². The molecule has 0 atom stereocenters. The largest absolute Gasteiger partial charge is 0.462 e. The summed E-state index contributed by atoms with van der Waals surface area (Å²) in [5, 5.41) is 0. The number of carbonyl (C=O) groups excluding carboxylic acids is 1. The fourth-order valence-electron chi connectivity index (χ4n) is 2.39. The summed E-state index contributed by atoms with van der Waals surface area (Å²) < 4.78 is 10.6. The highest BCUT2D eigenvalue weighted by Crippen LogP contribution is 2.10. The molecule has 0 bridgehead atoms. The van der Waals surface area contributed by atoms with Crippen LogP contribution in [0.1, 0.15) is 90.9 Å². The van der Waals surface area contributed by atoms with E-state index in [1.54, 1.807) is 6.92 Å². The van der Waals surface area contributed by atoms with Crippen LogP contribution in [0.2, 0.25) is 0 Å². The maximum Gasteiger partial charge on any atom is 0.333 e. The Labute approximate surface area is 143 Å². The molecule has 0 aliphatic carbocycles. The maximum absolute atomic E-state index is 11.1. The predicted octanol–water partition coefficient (Wildman–Crippen LogP) is 5.82. The Morgan fingerprint density at radius 3 is 1.70 bits per heavy atom. The van der Waals surface area contributed by atoms with Gasteiger partial charge in [-0.3, -0.25) is 0 Å². The van der Waals surface area contributed by atoms with Crippen molar-refractivity contribution in [3.8, 4) is 0 Å². The van der Waals surface area contributed by atoms with Crippen LogP contribution in [0.15, 0.2) is 12.2 Å². The number of hydrogen-bond donors (Lipinski definition) is 0. The molecule has 0 amide bonds. The van der Waals surface area contributed by atoms with E-state index < -0.39 is 0 Å². The number of unbranched alkanes of at least 4 members (excludes halogenated alkanes) is 10. The lowest BCUT2D eigenvalue weighted by molar-refractivity contribution is -0.139. The number of ether oxygens (including phenoxy) is 2. The Hall–Kier alpha value is -0.830. The van der Waals surface area contributed by atoms with E-state index in [2.05, 4.69) is 13.5 Å². The first-order valence-electron chi connectivity index (χ1n) is 9.58. The van der Waals surface area contributed by atoms with Crippen molar-refractivity contribution in [1.29, 1.82) is 0 Å². The van der Waals surface area contributed by atoms with Gasteiger partial charge in [-0.15, -0.1) is 0 Å². The molecule has 0 fully saturated rings. The Kier molecular flexibility index (Phi) is 16.9. The average Bonchev–Trinajstić information content (AvgIpc) is 2.54. The third kappa shape index (κ3) is 17.4. The quantitative estimate of drug-likeness (QED) is 0.192. The summed E-state index contributed by atoms with van der Waals surface area (Å²) in [6, 6.07) is 0. The summed E-state index contributed by atoms with van der Waals surface area (Å²) in [6.07, 6.45) is 15.3. The van der Waals surface area contributed by atoms with Gasteiger partial charge in [-0.1, -0.05) is 71.3 Å². The van der Waals surface area contributed by atoms with Crippen LogP contribution in [-0.2, 0) is 14.3 Å². The molecule has 0 aliphatic rings. The molecule has 3 heteroatoms. The van der Waals surface area contributed by atoms with E-state index in [0.29, 0.717) is 12.2 Å². The normalized spacial score (nSPS) is 10.7. The molecule has 0 aliphatic heterocycles. The summed E-state index contributed by atoms with van der Waals surface area (Å²) in [6.45, 7) is 9.57. The molecular formula is C20H38O3. The SMILES string of the molecule is C=C(C)C(=O)OCCCCOCCCCCCCCCCCC. The molecule has 0 saturated heterocycles. The van der Waals surface area contributed by atoms with E-state index in [1.165, 1.54) is 64.2 Å². The molecule has 0 aromatic heterocycles. The molecule has 0 spiro atoms. The summed E-state index contributed by atoms with van der Waals surface area (Å²) in [7, 11) is 0. The van der Waals surface area contributed by atoms with E-state index in [9.17, 15) is 4.79 Å². The van der Waals surface area contributed by atoms with Crippen LogP contribution in [0.3, 0.4) is 0 Å². The first-order valence-corrected chi connectivity index (χ1v) is 9.58. The average molecular weight is 327 g/mol. The molecule has 0 radical (unpaired) electrons. The molecule has 0 saturated carbocycles. The van der Waals surface area contributed by atoms with Gasteiger partial charge in [0.15, 0.2) is 0 Å². The first-order chi connectivity index (χ1) is 11.2. The highest BCUT2D eigenvalue weighted by Gasteiger charge is 2.01. The van der Waals surface area contributed by atoms with E-state index in [-0.39, 0.29) is 5.97 Å². The lowest BCUT2D eigenvalue weighted by Gasteiger charge is -2.06. The highest BCUT2D eigenvalue weighted by molar-refractivity contribution is 5.86. The zero-order valence-electron chi connectivity index (χ0n) is 15.5. The second-order valence-electron chi connectivity index (χ2n) is 6.42. The number of carbonyl (C=O) groups is 1. The summed E-state index contributed by atoms with van der Waals surface area (Å²) >= 11 is 0. The van der Waals surface area contributed by atoms with Crippen molar-refractivity contribution in [2.45, 2.75) is 90.9 Å². The molecule has 0 aromatic rings. The number of esters is 1. The van der Waals surface area contributed by atoms with Crippen LogP contribution < -0.4 is 0 Å². The second kappa shape index (κ2) is 17.5. The molecule has 3 nitrogen and oxygen atoms in total. The lowest BCUT2D eigenvalue weighted by atomic mass is 10.1. The Morgan fingerprint density at radius 2 is 1.17 bits per heavy atom. The Bertz CT molecular complexity index is 287. The molecule has 0 rings (SSSR count). The molecule has 136 valence electrons. The Morgan fingerprint density at radius 1 is 0.739 bits per heavy atom. The van der Waals surface area contributed by atoms with Gasteiger partial charge in [-0.25, -0.2) is 4.79 Å². The van der Waals surface area contributed by atoms with Crippen molar-refractivity contribution in [3.63, 3.8) is 0 Å². The van der Waals surface area contributed by atoms with Crippen LogP contribution in [0, 0.1) is 0 Å². The summed E-state index contributed by atoms with van der Waals surface area (Å²) in [5.74, 6) is -0.295. The van der Waals surface area contributed by atoms with Gasteiger partial charge < -0.3 is 9.47 Å². The first kappa shape index (κ1) is 22.2. The van der Waals surface area contributed by atoms with Crippen molar-refractivity contribution in [2.24, 2.45) is 0 Å². The van der Waals surface area contributed by atoms with Gasteiger partial charge in [0.2, 0.25) is 0 Å². The fourth-order valence-corrected chi connectivity index (χ4v) is 2.39. The third-order valence-corrected chi connectivity index (χ3v) is 3.91. The standard InChI is InChI=1S/C20H38O3/c1-4-5-6-7-8-9-10-11-12-13-16-22-17-14-15-18-23-20(21)19(2)3/h2,4-18H2,1,3H3. The van der Waals surface area contributed by atoms with Crippen LogP contribution in [0.25, 0.3) is 0 Å². The monoisotopic (exact) mass is 326 g/mol. The van der Waals surface area contributed by atoms with Crippen LogP contribution in [0.4, 0.5) is 0 Å². The zero-order valence-corrected chi connectivity index (χ0v) is 15.5. The molecule has 0 unspecified atom stereocenters. The minimum atomic E-state index is -0.295. The topological polar surface area (TPSA) is 35.5 Å². The van der Waals surface area contributed by atoms with Gasteiger partial charge in [-0.05, 0) is 26.2 Å². The summed E-state index contributed by atoms with van der Waals surface area (Å²) in [5.41, 5.74) is 0.460. The minimum Gasteiger partial charge on any atom is -0.462 e. The number of rotatable bonds is 17. The Balaban J connectivity index is 3.05. The molecule has 23 heavy (non-hydrogen) atoms. The van der Waals surface area contributed by atoms with Crippen molar-refractivity contribution < 1.29 is 14.3 Å². The van der Waals surface area contributed by atoms with Crippen LogP contribution in [0.5, 0.6) is 0 Å². The van der Waals surface area contributed by atoms with E-state index >= 15 is 0 Å². The predicted molar refractivity (Wildman–Crippen MR) is 97.7 cm³/mol. The van der Waals surface area contributed by atoms with Crippen molar-refractivity contribution >= 4 is 5.97 Å². The van der Waals surface area contributed by atoms with Gasteiger partial charge in [0.1, 0.15) is 0 Å². The van der Waals surface area contributed by atoms with Crippen molar-refractivity contribution in [1.82, 2.24) is 0 Å². The van der Waals surface area contributed by atoms with Crippen LogP contribution >= 0.6 is 0 Å². The van der Waals surface area contributed by atoms with Crippen molar-refractivity contribution in [2.75, 3.05) is 19.8 Å². The van der Waals surface area contributed by atoms with E-state index in [0.717, 1.165) is 26.1 Å². The van der Waals surface area contributed by atoms with Crippen LogP contribution in [-0.4, -0.2) is 25.8 Å². The lowest BCUT2D eigenvalue weighted by Crippen LogP contribution is -2.07. The van der Waals surface area contributed by atoms with Gasteiger partial charge in [0.05, 0.1) is 6.61 Å². The molecule has 0 heterocycles. The van der Waals surface area contributed by atoms with Gasteiger partial charge in [0, 0.05) is 18.8 Å². The van der Waals surface area contributed by atoms with Gasteiger partial charge in [-0.2, -0.15) is 0 Å². The fraction of sp³-hybridized carbons (Fsp3) is 0.850. The zero-order chi connectivity index (χ0) is 17.2. The molecule has 0 N–H and O–H groups in total. The van der Waals surface area contributed by atoms with Crippen molar-refractivity contribution in [3.05, 3.63) is 12.2 Å². The number of hydrogen-bond acceptors (Lipinski definition) is 3. The minimum absolute atomic E-state index is 0.295.